The van der Waals surface area contributed by atoms with Crippen LogP contribution in [0.5, 0.6) is 0 Å². The Morgan fingerprint density at radius 3 is 2.36 bits per heavy atom. The van der Waals surface area contributed by atoms with Gasteiger partial charge in [0.1, 0.15) is 0 Å². The van der Waals surface area contributed by atoms with Crippen molar-refractivity contribution >= 4 is 34.6 Å². The van der Waals surface area contributed by atoms with Crippen LogP contribution in [-0.4, -0.2) is 18.5 Å². The SMILES string of the molecule is CCC(CNC(=O)Nc1cccc(NC(=O)c2cccs2)c1)c1ccccc1. The van der Waals surface area contributed by atoms with Crippen molar-refractivity contribution in [3.05, 3.63) is 82.6 Å². The molecule has 1 heterocycles. The number of amides is 3. The highest BCUT2D eigenvalue weighted by Crippen LogP contribution is 2.19. The molecule has 0 radical (unpaired) electrons. The molecule has 2 aromatic carbocycles. The van der Waals surface area contributed by atoms with Crippen molar-refractivity contribution in [2.45, 2.75) is 19.3 Å². The summed E-state index contributed by atoms with van der Waals surface area (Å²) in [6.07, 6.45) is 0.939. The van der Waals surface area contributed by atoms with Crippen LogP contribution in [0.2, 0.25) is 0 Å². The van der Waals surface area contributed by atoms with Gasteiger partial charge in [-0.3, -0.25) is 4.79 Å². The van der Waals surface area contributed by atoms with Crippen LogP contribution in [0.4, 0.5) is 16.2 Å². The van der Waals surface area contributed by atoms with Crippen LogP contribution in [0, 0.1) is 0 Å². The van der Waals surface area contributed by atoms with Gasteiger partial charge >= 0.3 is 6.03 Å². The lowest BCUT2D eigenvalue weighted by Crippen LogP contribution is -2.32. The second-order valence-electron chi connectivity index (χ2n) is 6.36. The molecular weight excluding hydrogens is 370 g/mol. The van der Waals surface area contributed by atoms with E-state index in [1.54, 1.807) is 30.3 Å². The summed E-state index contributed by atoms with van der Waals surface area (Å²) < 4.78 is 0. The van der Waals surface area contributed by atoms with E-state index in [1.807, 2.05) is 29.6 Å². The first-order valence-corrected chi connectivity index (χ1v) is 10.1. The highest BCUT2D eigenvalue weighted by Gasteiger charge is 2.11. The molecule has 1 aromatic heterocycles. The number of anilines is 2. The fourth-order valence-corrected chi connectivity index (χ4v) is 3.51. The van der Waals surface area contributed by atoms with E-state index in [4.69, 9.17) is 0 Å². The van der Waals surface area contributed by atoms with Gasteiger partial charge in [0.05, 0.1) is 4.88 Å². The maximum absolute atomic E-state index is 12.3. The highest BCUT2D eigenvalue weighted by atomic mass is 32.1. The highest BCUT2D eigenvalue weighted by molar-refractivity contribution is 7.12. The lowest BCUT2D eigenvalue weighted by molar-refractivity contribution is 0.103. The van der Waals surface area contributed by atoms with E-state index in [1.165, 1.54) is 16.9 Å². The van der Waals surface area contributed by atoms with E-state index in [0.29, 0.717) is 22.8 Å². The predicted octanol–water partition coefficient (Wildman–Crippen LogP) is 5.32. The molecule has 5 nitrogen and oxygen atoms in total. The molecule has 0 aliphatic carbocycles. The molecule has 1 unspecified atom stereocenters. The third kappa shape index (κ3) is 5.44. The van der Waals surface area contributed by atoms with E-state index >= 15 is 0 Å². The maximum atomic E-state index is 12.3. The molecule has 0 aliphatic rings. The van der Waals surface area contributed by atoms with Crippen molar-refractivity contribution in [1.82, 2.24) is 5.32 Å². The van der Waals surface area contributed by atoms with Gasteiger partial charge in [-0.25, -0.2) is 4.79 Å². The minimum absolute atomic E-state index is 0.162. The number of nitrogens with one attached hydrogen (secondary N) is 3. The molecule has 0 saturated heterocycles. The third-order valence-corrected chi connectivity index (χ3v) is 5.26. The van der Waals surface area contributed by atoms with Gasteiger partial charge in [0.15, 0.2) is 0 Å². The van der Waals surface area contributed by atoms with Crippen molar-refractivity contribution in [2.24, 2.45) is 0 Å². The van der Waals surface area contributed by atoms with Gasteiger partial charge in [0, 0.05) is 23.8 Å². The number of benzene rings is 2. The Hall–Kier alpha value is -3.12. The van der Waals surface area contributed by atoms with Gasteiger partial charge in [-0.15, -0.1) is 11.3 Å². The van der Waals surface area contributed by atoms with E-state index < -0.39 is 0 Å². The molecule has 3 N–H and O–H groups in total. The fraction of sp³-hybridized carbons (Fsp3) is 0.182. The largest absolute Gasteiger partial charge is 0.337 e. The van der Waals surface area contributed by atoms with Crippen LogP contribution in [0.1, 0.15) is 34.5 Å². The minimum atomic E-state index is -0.267. The van der Waals surface area contributed by atoms with Crippen molar-refractivity contribution in [1.29, 1.82) is 0 Å². The molecule has 0 bridgehead atoms. The number of hydrogen-bond acceptors (Lipinski definition) is 3. The number of rotatable bonds is 7. The summed E-state index contributed by atoms with van der Waals surface area (Å²) in [6, 6.07) is 20.6. The van der Waals surface area contributed by atoms with Crippen molar-refractivity contribution in [2.75, 3.05) is 17.2 Å². The van der Waals surface area contributed by atoms with Crippen molar-refractivity contribution in [3.63, 3.8) is 0 Å². The van der Waals surface area contributed by atoms with Crippen LogP contribution >= 0.6 is 11.3 Å². The summed E-state index contributed by atoms with van der Waals surface area (Å²) in [5, 5.41) is 10.4. The number of carbonyl (C=O) groups excluding carboxylic acids is 2. The summed E-state index contributed by atoms with van der Waals surface area (Å²) >= 11 is 1.38. The first kappa shape index (κ1) is 19.6. The average molecular weight is 394 g/mol. The Bertz CT molecular complexity index is 911. The summed E-state index contributed by atoms with van der Waals surface area (Å²) in [4.78, 5) is 25.1. The molecule has 3 rings (SSSR count). The molecule has 0 fully saturated rings. The van der Waals surface area contributed by atoms with Crippen molar-refractivity contribution in [3.8, 4) is 0 Å². The zero-order valence-corrected chi connectivity index (χ0v) is 16.5. The molecule has 28 heavy (non-hydrogen) atoms. The lowest BCUT2D eigenvalue weighted by atomic mass is 9.97. The Morgan fingerprint density at radius 2 is 1.68 bits per heavy atom. The molecule has 0 aliphatic heterocycles. The van der Waals surface area contributed by atoms with Gasteiger partial charge in [-0.2, -0.15) is 0 Å². The number of hydrogen-bond donors (Lipinski definition) is 3. The fourth-order valence-electron chi connectivity index (χ4n) is 2.89. The van der Waals surface area contributed by atoms with Crippen LogP contribution in [-0.2, 0) is 0 Å². The standard InChI is InChI=1S/C22H23N3O2S/c1-2-16(17-8-4-3-5-9-17)15-23-22(27)25-19-11-6-10-18(14-19)24-21(26)20-12-7-13-28-20/h3-14,16H,2,15H2,1H3,(H,24,26)(H2,23,25,27). The van der Waals surface area contributed by atoms with Gasteiger partial charge in [0.2, 0.25) is 0 Å². The third-order valence-electron chi connectivity index (χ3n) is 4.40. The topological polar surface area (TPSA) is 70.2 Å². The second kappa shape index (κ2) is 9.71. The van der Waals surface area contributed by atoms with Gasteiger partial charge in [-0.1, -0.05) is 49.4 Å². The van der Waals surface area contributed by atoms with Gasteiger partial charge in [0.25, 0.3) is 5.91 Å². The second-order valence-corrected chi connectivity index (χ2v) is 7.31. The molecule has 0 spiro atoms. The molecule has 0 saturated carbocycles. The van der Waals surface area contributed by atoms with Crippen molar-refractivity contribution < 1.29 is 9.59 Å². The summed E-state index contributed by atoms with van der Waals surface area (Å²) in [5.41, 5.74) is 2.46. The average Bonchev–Trinajstić information content (AvgIpc) is 3.25. The van der Waals surface area contributed by atoms with Crippen LogP contribution in [0.15, 0.2) is 72.1 Å². The lowest BCUT2D eigenvalue weighted by Gasteiger charge is -2.16. The predicted molar refractivity (Wildman–Crippen MR) is 115 cm³/mol. The molecule has 144 valence electrons. The van der Waals surface area contributed by atoms with E-state index in [9.17, 15) is 9.59 Å². The van der Waals surface area contributed by atoms with E-state index in [-0.39, 0.29) is 17.9 Å². The summed E-state index contributed by atoms with van der Waals surface area (Å²) in [6.45, 7) is 2.66. The van der Waals surface area contributed by atoms with E-state index in [0.717, 1.165) is 6.42 Å². The molecule has 3 amide bonds. The summed E-state index contributed by atoms with van der Waals surface area (Å²) in [7, 11) is 0. The van der Waals surface area contributed by atoms with Crippen LogP contribution in [0.3, 0.4) is 0 Å². The molecular formula is C22H23N3O2S. The maximum Gasteiger partial charge on any atom is 0.319 e. The normalized spacial score (nSPS) is 11.5. The Labute approximate surface area is 168 Å². The van der Waals surface area contributed by atoms with Gasteiger partial charge < -0.3 is 16.0 Å². The van der Waals surface area contributed by atoms with E-state index in [2.05, 4.69) is 35.0 Å². The first-order chi connectivity index (χ1) is 13.7. The monoisotopic (exact) mass is 393 g/mol. The molecule has 1 atom stereocenters. The zero-order valence-electron chi connectivity index (χ0n) is 15.6. The molecule has 6 heteroatoms. The molecule has 3 aromatic rings. The first-order valence-electron chi connectivity index (χ1n) is 9.20. The smallest absolute Gasteiger partial charge is 0.319 e. The number of urea groups is 1. The quantitative estimate of drug-likeness (QED) is 0.509. The number of thiophene rings is 1. The Balaban J connectivity index is 1.54. The minimum Gasteiger partial charge on any atom is -0.337 e. The summed E-state index contributed by atoms with van der Waals surface area (Å²) in [5.74, 6) is 0.105. The van der Waals surface area contributed by atoms with Gasteiger partial charge in [-0.05, 0) is 41.6 Å². The number of carbonyl (C=O) groups is 2. The Morgan fingerprint density at radius 1 is 0.929 bits per heavy atom. The Kier molecular flexibility index (Phi) is 6.81. The van der Waals surface area contributed by atoms with Crippen LogP contribution < -0.4 is 16.0 Å². The van der Waals surface area contributed by atoms with Crippen LogP contribution in [0.25, 0.3) is 0 Å². The zero-order chi connectivity index (χ0) is 19.8.